The number of carbonyl (C=O) groups is 1. The molecule has 0 rings (SSSR count). The van der Waals surface area contributed by atoms with Crippen molar-refractivity contribution in [1.82, 2.24) is 10.0 Å². The van der Waals surface area contributed by atoms with E-state index in [1.807, 2.05) is 11.6 Å². The van der Waals surface area contributed by atoms with Crippen LogP contribution in [0.25, 0.3) is 0 Å². The third-order valence-corrected chi connectivity index (χ3v) is 1.43. The Bertz CT molecular complexity index is 222. The summed E-state index contributed by atoms with van der Waals surface area (Å²) in [5.41, 5.74) is 0. The Balaban J connectivity index is 3.71. The molecule has 0 bridgehead atoms. The molecule has 0 heterocycles. The van der Waals surface area contributed by atoms with Crippen LogP contribution in [0.3, 0.4) is 0 Å². The van der Waals surface area contributed by atoms with Gasteiger partial charge < -0.3 is 5.32 Å². The van der Waals surface area contributed by atoms with Crippen LogP contribution in [0, 0.1) is 0 Å². The van der Waals surface area contributed by atoms with Gasteiger partial charge in [-0.3, -0.25) is 9.52 Å². The van der Waals surface area contributed by atoms with Crippen LogP contribution in [0.15, 0.2) is 0 Å². The summed E-state index contributed by atoms with van der Waals surface area (Å²) in [5, 5.41) is 2.69. The first kappa shape index (κ1) is 10.4. The fourth-order valence-electron chi connectivity index (χ4n) is 0.481. The molecular weight excluding hydrogens is 168 g/mol. The molecule has 0 unspecified atom stereocenters. The number of amides is 1. The molecule has 0 saturated heterocycles. The van der Waals surface area contributed by atoms with Crippen molar-refractivity contribution in [2.24, 2.45) is 0 Å². The lowest BCUT2D eigenvalue weighted by Crippen LogP contribution is -2.36. The monoisotopic (exact) mass is 180 g/mol. The van der Waals surface area contributed by atoms with Crippen LogP contribution in [0.2, 0.25) is 0 Å². The van der Waals surface area contributed by atoms with Crippen molar-refractivity contribution < 1.29 is 13.2 Å². The van der Waals surface area contributed by atoms with Gasteiger partial charge in [-0.25, -0.2) is 8.42 Å². The molecule has 66 valence electrons. The Kier molecular flexibility index (Phi) is 4.06. The van der Waals surface area contributed by atoms with E-state index in [0.29, 0.717) is 6.54 Å². The van der Waals surface area contributed by atoms with Crippen LogP contribution >= 0.6 is 0 Å². The van der Waals surface area contributed by atoms with E-state index in [1.165, 1.54) is 0 Å². The molecule has 0 atom stereocenters. The van der Waals surface area contributed by atoms with Gasteiger partial charge in [0.15, 0.2) is 0 Å². The first-order chi connectivity index (χ1) is 4.95. The van der Waals surface area contributed by atoms with Gasteiger partial charge in [-0.15, -0.1) is 0 Å². The highest BCUT2D eigenvalue weighted by Crippen LogP contribution is 1.72. The zero-order valence-electron chi connectivity index (χ0n) is 6.55. The Labute approximate surface area is 66.2 Å². The van der Waals surface area contributed by atoms with E-state index < -0.39 is 15.9 Å². The first-order valence-corrected chi connectivity index (χ1v) is 5.06. The minimum Gasteiger partial charge on any atom is -0.309 e. The minimum atomic E-state index is -3.39. The van der Waals surface area contributed by atoms with Crippen molar-refractivity contribution in [3.05, 3.63) is 0 Å². The summed E-state index contributed by atoms with van der Waals surface area (Å²) in [7, 11) is -3.39. The van der Waals surface area contributed by atoms with Gasteiger partial charge in [0.2, 0.25) is 15.9 Å². The summed E-state index contributed by atoms with van der Waals surface area (Å²) in [5.74, 6) is -0.533. The summed E-state index contributed by atoms with van der Waals surface area (Å²) in [6, 6.07) is 0. The predicted octanol–water partition coefficient (Wildman–Crippen LogP) is -1.33. The Morgan fingerprint density at radius 2 is 2.00 bits per heavy atom. The van der Waals surface area contributed by atoms with Crippen LogP contribution in [-0.2, 0) is 14.8 Å². The molecule has 0 spiro atoms. The van der Waals surface area contributed by atoms with Crippen molar-refractivity contribution in [3.63, 3.8) is 0 Å². The summed E-state index contributed by atoms with van der Waals surface area (Å²) in [6.07, 6.45) is 0.941. The molecule has 0 fully saturated rings. The lowest BCUT2D eigenvalue weighted by Gasteiger charge is -2.01. The lowest BCUT2D eigenvalue weighted by atomic mass is 10.6. The van der Waals surface area contributed by atoms with Crippen LogP contribution in [0.5, 0.6) is 0 Å². The molecule has 0 aromatic heterocycles. The maximum atomic E-state index is 10.7. The smallest absolute Gasteiger partial charge is 0.247 e. The van der Waals surface area contributed by atoms with E-state index >= 15 is 0 Å². The standard InChI is InChI=1S/C5H12N2O3S/c1-3-6-4-5(8)7-11(2,9)10/h6H,3-4H2,1-2H3,(H,7,8). The highest BCUT2D eigenvalue weighted by Gasteiger charge is 2.05. The summed E-state index contributed by atoms with van der Waals surface area (Å²) in [4.78, 5) is 10.7. The number of likely N-dealkylation sites (N-methyl/N-ethyl adjacent to an activating group) is 1. The zero-order valence-corrected chi connectivity index (χ0v) is 7.36. The first-order valence-electron chi connectivity index (χ1n) is 3.17. The number of sulfonamides is 1. The van der Waals surface area contributed by atoms with Crippen molar-refractivity contribution in [2.75, 3.05) is 19.3 Å². The molecule has 1 amide bonds. The summed E-state index contributed by atoms with van der Waals surface area (Å²) >= 11 is 0. The molecule has 0 aliphatic rings. The van der Waals surface area contributed by atoms with Gasteiger partial charge >= 0.3 is 0 Å². The topological polar surface area (TPSA) is 75.3 Å². The third-order valence-electron chi connectivity index (χ3n) is 0.835. The second-order valence-electron chi connectivity index (χ2n) is 2.08. The predicted molar refractivity (Wildman–Crippen MR) is 41.5 cm³/mol. The average molecular weight is 180 g/mol. The largest absolute Gasteiger partial charge is 0.309 e. The van der Waals surface area contributed by atoms with E-state index in [0.717, 1.165) is 6.26 Å². The molecule has 5 nitrogen and oxygen atoms in total. The van der Waals surface area contributed by atoms with Gasteiger partial charge in [0, 0.05) is 0 Å². The van der Waals surface area contributed by atoms with E-state index in [9.17, 15) is 13.2 Å². The average Bonchev–Trinajstić information content (AvgIpc) is 1.79. The number of hydrogen-bond donors (Lipinski definition) is 2. The van der Waals surface area contributed by atoms with E-state index in [1.54, 1.807) is 0 Å². The van der Waals surface area contributed by atoms with Crippen molar-refractivity contribution in [2.45, 2.75) is 6.92 Å². The second kappa shape index (κ2) is 4.30. The van der Waals surface area contributed by atoms with Gasteiger partial charge in [-0.2, -0.15) is 0 Å². The zero-order chi connectivity index (χ0) is 8.91. The molecule has 0 radical (unpaired) electrons. The Hall–Kier alpha value is -0.620. The molecular formula is C5H12N2O3S. The highest BCUT2D eigenvalue weighted by molar-refractivity contribution is 7.89. The molecule has 0 aromatic rings. The normalized spacial score (nSPS) is 11.1. The maximum absolute atomic E-state index is 10.7. The van der Waals surface area contributed by atoms with E-state index in [2.05, 4.69) is 5.32 Å². The van der Waals surface area contributed by atoms with Crippen molar-refractivity contribution in [1.29, 1.82) is 0 Å². The second-order valence-corrected chi connectivity index (χ2v) is 3.83. The highest BCUT2D eigenvalue weighted by atomic mass is 32.2. The molecule has 2 N–H and O–H groups in total. The Morgan fingerprint density at radius 1 is 1.45 bits per heavy atom. The number of hydrogen-bond acceptors (Lipinski definition) is 4. The van der Waals surface area contributed by atoms with Crippen LogP contribution in [0.1, 0.15) is 6.92 Å². The number of nitrogens with one attached hydrogen (secondary N) is 2. The molecule has 0 saturated carbocycles. The van der Waals surface area contributed by atoms with Gasteiger partial charge in [-0.05, 0) is 6.54 Å². The molecule has 6 heteroatoms. The lowest BCUT2D eigenvalue weighted by molar-refractivity contribution is -0.118. The van der Waals surface area contributed by atoms with Gasteiger partial charge in [0.1, 0.15) is 0 Å². The van der Waals surface area contributed by atoms with Gasteiger partial charge in [0.25, 0.3) is 0 Å². The van der Waals surface area contributed by atoms with Crippen LogP contribution in [-0.4, -0.2) is 33.7 Å². The van der Waals surface area contributed by atoms with Crippen LogP contribution in [0.4, 0.5) is 0 Å². The quantitative estimate of drug-likeness (QED) is 0.562. The Morgan fingerprint density at radius 3 is 2.36 bits per heavy atom. The van der Waals surface area contributed by atoms with Crippen LogP contribution < -0.4 is 10.0 Å². The molecule has 0 aliphatic heterocycles. The molecule has 0 aliphatic carbocycles. The van der Waals surface area contributed by atoms with Gasteiger partial charge in [-0.1, -0.05) is 6.92 Å². The third kappa shape index (κ3) is 7.27. The SMILES string of the molecule is CCNCC(=O)NS(C)(=O)=O. The minimum absolute atomic E-state index is 0.0313. The summed E-state index contributed by atoms with van der Waals surface area (Å²) < 4.78 is 22.7. The number of carbonyl (C=O) groups excluding carboxylic acids is 1. The fraction of sp³-hybridized carbons (Fsp3) is 0.800. The van der Waals surface area contributed by atoms with Crippen molar-refractivity contribution in [3.8, 4) is 0 Å². The van der Waals surface area contributed by atoms with E-state index in [4.69, 9.17) is 0 Å². The molecule has 11 heavy (non-hydrogen) atoms. The maximum Gasteiger partial charge on any atom is 0.247 e. The van der Waals surface area contributed by atoms with Crippen molar-refractivity contribution >= 4 is 15.9 Å². The molecule has 0 aromatic carbocycles. The fourth-order valence-corrected chi connectivity index (χ4v) is 0.967. The number of rotatable bonds is 4. The van der Waals surface area contributed by atoms with E-state index in [-0.39, 0.29) is 6.54 Å². The summed E-state index contributed by atoms with van der Waals surface area (Å²) in [6.45, 7) is 2.49. The van der Waals surface area contributed by atoms with Gasteiger partial charge in [0.05, 0.1) is 12.8 Å².